The number of carbonyl (C=O) groups is 2. The number of esters is 1. The van der Waals surface area contributed by atoms with Crippen molar-refractivity contribution in [2.24, 2.45) is 0 Å². The Morgan fingerprint density at radius 2 is 2.05 bits per heavy atom. The number of nitrogens with one attached hydrogen (secondary N) is 2. The minimum absolute atomic E-state index is 0.0487. The van der Waals surface area contributed by atoms with Crippen molar-refractivity contribution in [2.45, 2.75) is 0 Å². The first kappa shape index (κ1) is 16.4. The molecule has 0 aliphatic carbocycles. The van der Waals surface area contributed by atoms with Crippen LogP contribution in [-0.2, 0) is 9.47 Å². The van der Waals surface area contributed by atoms with Gasteiger partial charge in [-0.2, -0.15) is 0 Å². The number of benzene rings is 1. The molecule has 0 bridgehead atoms. The quantitative estimate of drug-likeness (QED) is 0.631. The average Bonchev–Trinajstić information content (AvgIpc) is 2.42. The zero-order valence-electron chi connectivity index (χ0n) is 11.0. The van der Waals surface area contributed by atoms with Crippen molar-refractivity contribution in [1.82, 2.24) is 5.32 Å². The summed E-state index contributed by atoms with van der Waals surface area (Å²) >= 11 is 2.97. The molecule has 8 heteroatoms. The molecule has 0 fully saturated rings. The van der Waals surface area contributed by atoms with E-state index in [1.54, 1.807) is 0 Å². The second-order valence-electron chi connectivity index (χ2n) is 3.68. The van der Waals surface area contributed by atoms with E-state index in [0.717, 1.165) is 7.11 Å². The summed E-state index contributed by atoms with van der Waals surface area (Å²) in [6.07, 6.45) is 0. The Hall–Kier alpha value is -1.67. The molecule has 1 rings (SSSR count). The largest absolute Gasteiger partial charge is 0.465 e. The average molecular weight is 349 g/mol. The lowest BCUT2D eigenvalue weighted by Crippen LogP contribution is -2.31. The lowest BCUT2D eigenvalue weighted by Gasteiger charge is -2.10. The molecule has 0 unspecified atom stereocenters. The first-order chi connectivity index (χ1) is 9.49. The second kappa shape index (κ2) is 7.81. The Balaban J connectivity index is 2.83. The summed E-state index contributed by atoms with van der Waals surface area (Å²) in [7, 11) is 2.66. The molecule has 1 aromatic rings. The number of carbonyl (C=O) groups excluding carboxylic acids is 2. The van der Waals surface area contributed by atoms with Gasteiger partial charge in [0.05, 0.1) is 23.8 Å². The van der Waals surface area contributed by atoms with Gasteiger partial charge in [0.1, 0.15) is 0 Å². The van der Waals surface area contributed by atoms with E-state index in [0.29, 0.717) is 13.2 Å². The van der Waals surface area contributed by atoms with Crippen molar-refractivity contribution in [3.63, 3.8) is 0 Å². The summed E-state index contributed by atoms with van der Waals surface area (Å²) < 4.78 is 23.0. The van der Waals surface area contributed by atoms with Crippen LogP contribution in [0.5, 0.6) is 0 Å². The van der Waals surface area contributed by atoms with Gasteiger partial charge in [-0.1, -0.05) is 0 Å². The number of rotatable bonds is 5. The van der Waals surface area contributed by atoms with Crippen LogP contribution in [0.2, 0.25) is 0 Å². The molecule has 0 aromatic heterocycles. The highest BCUT2D eigenvalue weighted by atomic mass is 79.9. The van der Waals surface area contributed by atoms with E-state index in [4.69, 9.17) is 4.74 Å². The van der Waals surface area contributed by atoms with Crippen LogP contribution in [-0.4, -0.2) is 39.4 Å². The summed E-state index contributed by atoms with van der Waals surface area (Å²) in [5.41, 5.74) is -0.0114. The Morgan fingerprint density at radius 3 is 2.65 bits per heavy atom. The number of ether oxygens (including phenoxy) is 2. The number of methoxy groups -OCH3 is 2. The fraction of sp³-hybridized carbons (Fsp3) is 0.333. The topological polar surface area (TPSA) is 76.7 Å². The Bertz CT molecular complexity index is 510. The first-order valence-corrected chi connectivity index (χ1v) is 6.40. The van der Waals surface area contributed by atoms with Crippen molar-refractivity contribution in [1.29, 1.82) is 0 Å². The molecule has 20 heavy (non-hydrogen) atoms. The molecule has 0 aliphatic heterocycles. The highest BCUT2D eigenvalue weighted by Crippen LogP contribution is 2.25. The first-order valence-electron chi connectivity index (χ1n) is 5.60. The van der Waals surface area contributed by atoms with Gasteiger partial charge in [-0.05, 0) is 28.1 Å². The van der Waals surface area contributed by atoms with E-state index in [2.05, 4.69) is 31.3 Å². The predicted molar refractivity (Wildman–Crippen MR) is 74.3 cm³/mol. The smallest absolute Gasteiger partial charge is 0.340 e. The Labute approximate surface area is 123 Å². The lowest BCUT2D eigenvalue weighted by molar-refractivity contribution is 0.0595. The number of anilines is 1. The molecular formula is C12H14BrFN2O4. The van der Waals surface area contributed by atoms with E-state index in [1.807, 2.05) is 0 Å². The van der Waals surface area contributed by atoms with Gasteiger partial charge in [-0.15, -0.1) is 0 Å². The molecular weight excluding hydrogens is 335 g/mol. The van der Waals surface area contributed by atoms with Gasteiger partial charge >= 0.3 is 12.0 Å². The zero-order chi connectivity index (χ0) is 15.1. The predicted octanol–water partition coefficient (Wildman–Crippen LogP) is 2.14. The van der Waals surface area contributed by atoms with Gasteiger partial charge in [-0.3, -0.25) is 0 Å². The van der Waals surface area contributed by atoms with Gasteiger partial charge in [-0.25, -0.2) is 14.0 Å². The third-order valence-electron chi connectivity index (χ3n) is 2.28. The van der Waals surface area contributed by atoms with E-state index in [-0.39, 0.29) is 15.7 Å². The number of hydrogen-bond acceptors (Lipinski definition) is 4. The monoisotopic (exact) mass is 348 g/mol. The molecule has 0 aliphatic rings. The fourth-order valence-electron chi connectivity index (χ4n) is 1.36. The summed E-state index contributed by atoms with van der Waals surface area (Å²) in [6, 6.07) is 2.05. The number of halogens is 2. The van der Waals surface area contributed by atoms with Crippen molar-refractivity contribution in [3.05, 3.63) is 28.0 Å². The Kier molecular flexibility index (Phi) is 6.40. The molecule has 2 N–H and O–H groups in total. The van der Waals surface area contributed by atoms with E-state index in [1.165, 1.54) is 19.2 Å². The Morgan fingerprint density at radius 1 is 1.35 bits per heavy atom. The third-order valence-corrected chi connectivity index (χ3v) is 2.86. The van der Waals surface area contributed by atoms with Gasteiger partial charge in [0, 0.05) is 19.3 Å². The van der Waals surface area contributed by atoms with Crippen LogP contribution in [0.25, 0.3) is 0 Å². The van der Waals surface area contributed by atoms with Gasteiger partial charge in [0.15, 0.2) is 5.82 Å². The van der Waals surface area contributed by atoms with Crippen LogP contribution < -0.4 is 10.6 Å². The normalized spacial score (nSPS) is 10.0. The minimum atomic E-state index is -0.827. The van der Waals surface area contributed by atoms with Gasteiger partial charge in [0.25, 0.3) is 0 Å². The molecule has 0 atom stereocenters. The summed E-state index contributed by atoms with van der Waals surface area (Å²) in [4.78, 5) is 22.9. The van der Waals surface area contributed by atoms with E-state index >= 15 is 0 Å². The molecule has 0 heterocycles. The van der Waals surface area contributed by atoms with Crippen LogP contribution >= 0.6 is 15.9 Å². The van der Waals surface area contributed by atoms with Crippen LogP contribution in [0.1, 0.15) is 10.4 Å². The van der Waals surface area contributed by atoms with Gasteiger partial charge < -0.3 is 20.1 Å². The van der Waals surface area contributed by atoms with Crippen molar-refractivity contribution in [2.75, 3.05) is 32.7 Å². The molecule has 2 amide bonds. The SMILES string of the molecule is COCCNC(=O)Nc1cc(Br)c(F)c(C(=O)OC)c1. The van der Waals surface area contributed by atoms with Crippen LogP contribution in [0.3, 0.4) is 0 Å². The van der Waals surface area contributed by atoms with Crippen LogP contribution in [0.4, 0.5) is 14.9 Å². The van der Waals surface area contributed by atoms with Crippen molar-refractivity contribution < 1.29 is 23.5 Å². The minimum Gasteiger partial charge on any atom is -0.465 e. The maximum atomic E-state index is 13.7. The number of amides is 2. The fourth-order valence-corrected chi connectivity index (χ4v) is 1.82. The standard InChI is InChI=1S/C12H14BrFN2O4/c1-19-4-3-15-12(18)16-7-5-8(11(17)20-2)10(14)9(13)6-7/h5-6H,3-4H2,1-2H3,(H2,15,16,18). The summed E-state index contributed by atoms with van der Waals surface area (Å²) in [5.74, 6) is -1.58. The van der Waals surface area contributed by atoms with Gasteiger partial charge in [0.2, 0.25) is 0 Å². The lowest BCUT2D eigenvalue weighted by atomic mass is 10.2. The van der Waals surface area contributed by atoms with E-state index in [9.17, 15) is 14.0 Å². The molecule has 1 aromatic carbocycles. The molecule has 0 spiro atoms. The molecule has 110 valence electrons. The summed E-state index contributed by atoms with van der Waals surface area (Å²) in [5, 5.41) is 5.01. The number of urea groups is 1. The number of hydrogen-bond donors (Lipinski definition) is 2. The van der Waals surface area contributed by atoms with Crippen molar-refractivity contribution in [3.8, 4) is 0 Å². The van der Waals surface area contributed by atoms with E-state index < -0.39 is 17.8 Å². The van der Waals surface area contributed by atoms with Crippen molar-refractivity contribution >= 4 is 33.6 Å². The highest BCUT2D eigenvalue weighted by Gasteiger charge is 2.17. The molecule has 0 radical (unpaired) electrons. The molecule has 0 saturated carbocycles. The third kappa shape index (κ3) is 4.46. The highest BCUT2D eigenvalue weighted by molar-refractivity contribution is 9.10. The molecule has 0 saturated heterocycles. The maximum Gasteiger partial charge on any atom is 0.340 e. The zero-order valence-corrected chi connectivity index (χ0v) is 12.5. The second-order valence-corrected chi connectivity index (χ2v) is 4.54. The summed E-state index contributed by atoms with van der Waals surface area (Å²) in [6.45, 7) is 0.697. The maximum absolute atomic E-state index is 13.7. The molecule has 6 nitrogen and oxygen atoms in total. The van der Waals surface area contributed by atoms with Crippen LogP contribution in [0, 0.1) is 5.82 Å². The van der Waals surface area contributed by atoms with Crippen LogP contribution in [0.15, 0.2) is 16.6 Å².